The van der Waals surface area contributed by atoms with E-state index in [1.165, 1.54) is 0 Å². The topological polar surface area (TPSA) is 92.8 Å². The van der Waals surface area contributed by atoms with E-state index in [1.807, 2.05) is 32.0 Å². The van der Waals surface area contributed by atoms with Gasteiger partial charge in [-0.2, -0.15) is 0 Å². The van der Waals surface area contributed by atoms with E-state index in [0.29, 0.717) is 11.1 Å². The molecule has 0 saturated carbocycles. The molecular weight excluding hydrogens is 384 g/mol. The van der Waals surface area contributed by atoms with Gasteiger partial charge in [-0.15, -0.1) is 0 Å². The first-order chi connectivity index (χ1) is 14.1. The number of nitrogens with zero attached hydrogens (tertiary/aromatic N) is 1. The third-order valence-corrected chi connectivity index (χ3v) is 5.24. The molecule has 0 bridgehead atoms. The normalized spacial score (nSPS) is 18.3. The summed E-state index contributed by atoms with van der Waals surface area (Å²) in [7, 11) is 0. The number of Topliss-reactive ketones (excluding diaryl/α,β-unsaturated/α-hetero) is 1. The lowest BCUT2D eigenvalue weighted by atomic mass is 9.91. The van der Waals surface area contributed by atoms with E-state index in [1.54, 1.807) is 38.1 Å². The van der Waals surface area contributed by atoms with Crippen LogP contribution in [0.5, 0.6) is 0 Å². The fraction of sp³-hybridized carbons (Fsp3) is 0.304. The van der Waals surface area contributed by atoms with Crippen molar-refractivity contribution >= 4 is 23.7 Å². The summed E-state index contributed by atoms with van der Waals surface area (Å²) >= 11 is 0. The number of hydrogen-bond acceptors (Lipinski definition) is 5. The second kappa shape index (κ2) is 8.10. The van der Waals surface area contributed by atoms with Gasteiger partial charge in [0.2, 0.25) is 5.78 Å². The van der Waals surface area contributed by atoms with E-state index < -0.39 is 36.6 Å². The standard InChI is InChI=1S/C23H24N2O5/c1-14-5-8-17(9-6-14)23(4)21(28)25(22(29)24-23)12-20(27)30-13-19(26)18-10-7-15(2)11-16(18)3/h5-11H,12-13H2,1-4H3,(H,24,29)/t23-/m1/s1. The van der Waals surface area contributed by atoms with Gasteiger partial charge in [0.1, 0.15) is 12.1 Å². The molecule has 0 radical (unpaired) electrons. The van der Waals surface area contributed by atoms with E-state index in [0.717, 1.165) is 21.6 Å². The molecule has 0 unspecified atom stereocenters. The summed E-state index contributed by atoms with van der Waals surface area (Å²) in [5, 5.41) is 2.64. The van der Waals surface area contributed by atoms with Gasteiger partial charge in [-0.25, -0.2) is 4.79 Å². The second-order valence-corrected chi connectivity index (χ2v) is 7.71. The Morgan fingerprint density at radius 1 is 1.00 bits per heavy atom. The second-order valence-electron chi connectivity index (χ2n) is 7.71. The molecule has 1 heterocycles. The predicted molar refractivity (Wildman–Crippen MR) is 110 cm³/mol. The Kier molecular flexibility index (Phi) is 5.73. The number of hydrogen-bond donors (Lipinski definition) is 1. The minimum atomic E-state index is -1.26. The fourth-order valence-electron chi connectivity index (χ4n) is 3.45. The van der Waals surface area contributed by atoms with Gasteiger partial charge in [-0.3, -0.25) is 19.3 Å². The number of rotatable bonds is 6. The molecule has 2 aromatic carbocycles. The Morgan fingerprint density at radius 3 is 2.27 bits per heavy atom. The molecule has 7 nitrogen and oxygen atoms in total. The molecule has 7 heteroatoms. The van der Waals surface area contributed by atoms with Crippen LogP contribution in [-0.2, 0) is 19.9 Å². The summed E-state index contributed by atoms with van der Waals surface area (Å²) in [5.74, 6) is -1.72. The molecule has 3 rings (SSSR count). The molecule has 0 spiro atoms. The molecule has 0 aromatic heterocycles. The van der Waals surface area contributed by atoms with E-state index in [9.17, 15) is 19.2 Å². The highest BCUT2D eigenvalue weighted by Gasteiger charge is 2.49. The van der Waals surface area contributed by atoms with Crippen molar-refractivity contribution < 1.29 is 23.9 Å². The highest BCUT2D eigenvalue weighted by atomic mass is 16.5. The van der Waals surface area contributed by atoms with Gasteiger partial charge in [-0.05, 0) is 38.8 Å². The molecule has 1 aliphatic rings. The number of amides is 3. The third kappa shape index (κ3) is 4.10. The van der Waals surface area contributed by atoms with Crippen LogP contribution >= 0.6 is 0 Å². The van der Waals surface area contributed by atoms with Crippen molar-refractivity contribution in [2.24, 2.45) is 0 Å². The molecule has 1 saturated heterocycles. The number of benzene rings is 2. The number of ketones is 1. The van der Waals surface area contributed by atoms with Gasteiger partial charge in [0.25, 0.3) is 5.91 Å². The van der Waals surface area contributed by atoms with Gasteiger partial charge in [0.15, 0.2) is 6.61 Å². The lowest BCUT2D eigenvalue weighted by Crippen LogP contribution is -2.41. The Hall–Kier alpha value is -3.48. The summed E-state index contributed by atoms with van der Waals surface area (Å²) in [6.45, 7) is 6.22. The maximum atomic E-state index is 12.9. The zero-order chi connectivity index (χ0) is 22.1. The van der Waals surface area contributed by atoms with Crippen molar-refractivity contribution in [1.82, 2.24) is 10.2 Å². The zero-order valence-corrected chi connectivity index (χ0v) is 17.4. The first-order valence-electron chi connectivity index (χ1n) is 9.59. The fourth-order valence-corrected chi connectivity index (χ4v) is 3.45. The molecule has 1 fully saturated rings. The van der Waals surface area contributed by atoms with E-state index in [-0.39, 0.29) is 5.78 Å². The van der Waals surface area contributed by atoms with Crippen molar-refractivity contribution in [2.45, 2.75) is 33.2 Å². The number of imide groups is 1. The number of esters is 1. The number of nitrogens with one attached hydrogen (secondary N) is 1. The third-order valence-electron chi connectivity index (χ3n) is 5.24. The molecular formula is C23H24N2O5. The average Bonchev–Trinajstić information content (AvgIpc) is 2.90. The molecule has 0 aliphatic carbocycles. The van der Waals surface area contributed by atoms with Crippen LogP contribution in [0.2, 0.25) is 0 Å². The molecule has 30 heavy (non-hydrogen) atoms. The first kappa shape index (κ1) is 21.2. The van der Waals surface area contributed by atoms with Crippen LogP contribution < -0.4 is 5.32 Å². The van der Waals surface area contributed by atoms with Crippen LogP contribution in [0.4, 0.5) is 4.79 Å². The molecule has 2 aromatic rings. The van der Waals surface area contributed by atoms with Crippen LogP contribution in [0.15, 0.2) is 42.5 Å². The van der Waals surface area contributed by atoms with Crippen molar-refractivity contribution in [3.05, 3.63) is 70.3 Å². The van der Waals surface area contributed by atoms with Crippen LogP contribution in [-0.4, -0.2) is 41.7 Å². The minimum absolute atomic E-state index is 0.345. The summed E-state index contributed by atoms with van der Waals surface area (Å²) in [6.07, 6.45) is 0. The van der Waals surface area contributed by atoms with Crippen molar-refractivity contribution in [3.63, 3.8) is 0 Å². The smallest absolute Gasteiger partial charge is 0.326 e. The van der Waals surface area contributed by atoms with Gasteiger partial charge in [-0.1, -0.05) is 53.6 Å². The molecule has 156 valence electrons. The largest absolute Gasteiger partial charge is 0.456 e. The van der Waals surface area contributed by atoms with E-state index in [2.05, 4.69) is 5.32 Å². The predicted octanol–water partition coefficient (Wildman–Crippen LogP) is 2.80. The maximum Gasteiger partial charge on any atom is 0.326 e. The highest BCUT2D eigenvalue weighted by Crippen LogP contribution is 2.28. The molecule has 1 aliphatic heterocycles. The van der Waals surface area contributed by atoms with Gasteiger partial charge >= 0.3 is 12.0 Å². The number of ether oxygens (including phenoxy) is 1. The number of aryl methyl sites for hydroxylation is 3. The van der Waals surface area contributed by atoms with Gasteiger partial charge in [0, 0.05) is 5.56 Å². The minimum Gasteiger partial charge on any atom is -0.456 e. The average molecular weight is 408 g/mol. The van der Waals surface area contributed by atoms with Crippen LogP contribution in [0, 0.1) is 20.8 Å². The quantitative estimate of drug-likeness (QED) is 0.451. The Bertz CT molecular complexity index is 1030. The summed E-state index contributed by atoms with van der Waals surface area (Å²) in [5.41, 5.74) is 2.66. The lowest BCUT2D eigenvalue weighted by molar-refractivity contribution is -0.146. The zero-order valence-electron chi connectivity index (χ0n) is 17.4. The van der Waals surface area contributed by atoms with Gasteiger partial charge in [0.05, 0.1) is 0 Å². The van der Waals surface area contributed by atoms with Crippen LogP contribution in [0.3, 0.4) is 0 Å². The first-order valence-corrected chi connectivity index (χ1v) is 9.59. The van der Waals surface area contributed by atoms with Crippen LogP contribution in [0.1, 0.15) is 39.5 Å². The summed E-state index contributed by atoms with van der Waals surface area (Å²) < 4.78 is 5.03. The van der Waals surface area contributed by atoms with Gasteiger partial charge < -0.3 is 10.1 Å². The van der Waals surface area contributed by atoms with Crippen molar-refractivity contribution in [1.29, 1.82) is 0 Å². The number of urea groups is 1. The molecule has 1 N–H and O–H groups in total. The molecule has 1 atom stereocenters. The number of carbonyl (C=O) groups excluding carboxylic acids is 4. The van der Waals surface area contributed by atoms with E-state index in [4.69, 9.17) is 4.74 Å². The van der Waals surface area contributed by atoms with Crippen molar-refractivity contribution in [3.8, 4) is 0 Å². The highest BCUT2D eigenvalue weighted by molar-refractivity contribution is 6.09. The summed E-state index contributed by atoms with van der Waals surface area (Å²) in [6, 6.07) is 11.9. The van der Waals surface area contributed by atoms with Crippen LogP contribution in [0.25, 0.3) is 0 Å². The Balaban J connectivity index is 1.63. The maximum absolute atomic E-state index is 12.9. The monoisotopic (exact) mass is 408 g/mol. The molecule has 3 amide bonds. The number of carbonyl (C=O) groups is 4. The Morgan fingerprint density at radius 2 is 1.63 bits per heavy atom. The van der Waals surface area contributed by atoms with E-state index >= 15 is 0 Å². The lowest BCUT2D eigenvalue weighted by Gasteiger charge is -2.22. The van der Waals surface area contributed by atoms with Crippen molar-refractivity contribution in [2.75, 3.05) is 13.2 Å². The summed E-state index contributed by atoms with van der Waals surface area (Å²) in [4.78, 5) is 50.5. The Labute approximate surface area is 175 Å². The SMILES string of the molecule is Cc1ccc([C@@]2(C)NC(=O)N(CC(=O)OCC(=O)c3ccc(C)cc3C)C2=O)cc1.